The number of carboxylic acid groups (broad SMARTS) is 1. The zero-order valence-electron chi connectivity index (χ0n) is 25.1. The van der Waals surface area contributed by atoms with Gasteiger partial charge in [0.2, 0.25) is 11.6 Å². The van der Waals surface area contributed by atoms with Crippen molar-refractivity contribution in [1.82, 2.24) is 19.5 Å². The van der Waals surface area contributed by atoms with Crippen LogP contribution in [0.25, 0.3) is 22.4 Å². The Morgan fingerprint density at radius 2 is 1.91 bits per heavy atom. The van der Waals surface area contributed by atoms with Crippen LogP contribution in [0.1, 0.15) is 78.5 Å². The van der Waals surface area contributed by atoms with E-state index in [9.17, 15) is 28.3 Å². The third kappa shape index (κ3) is 6.95. The number of likely N-dealkylation sites (tertiary alicyclic amines) is 1. The van der Waals surface area contributed by atoms with Gasteiger partial charge in [0, 0.05) is 63.3 Å². The molecular formula is C31H37N4O8S-. The van der Waals surface area contributed by atoms with Crippen LogP contribution in [0, 0.1) is 6.92 Å². The first-order valence-electron chi connectivity index (χ1n) is 14.8. The zero-order chi connectivity index (χ0) is 31.6. The molecule has 2 aromatic heterocycles. The number of rotatable bonds is 11. The molecule has 1 saturated carbocycles. The van der Waals surface area contributed by atoms with Gasteiger partial charge in [-0.15, -0.1) is 0 Å². The zero-order valence-corrected chi connectivity index (χ0v) is 25.9. The van der Waals surface area contributed by atoms with Crippen molar-refractivity contribution in [3.05, 3.63) is 52.7 Å². The van der Waals surface area contributed by atoms with Crippen LogP contribution in [0.2, 0.25) is 0 Å². The number of carbonyl (C=O) groups is 3. The second-order valence-electron chi connectivity index (χ2n) is 11.6. The van der Waals surface area contributed by atoms with Crippen molar-refractivity contribution in [1.29, 1.82) is 0 Å². The molecule has 0 bridgehead atoms. The highest BCUT2D eigenvalue weighted by atomic mass is 32.2. The maximum atomic E-state index is 13.0. The molecule has 2 aliphatic rings. The molecule has 13 heteroatoms. The second kappa shape index (κ2) is 13.0. The number of amides is 2. The van der Waals surface area contributed by atoms with Crippen molar-refractivity contribution < 1.29 is 37.4 Å². The lowest BCUT2D eigenvalue weighted by molar-refractivity contribution is -0.134. The van der Waals surface area contributed by atoms with Crippen molar-refractivity contribution >= 4 is 40.3 Å². The SMILES string of the molecule is CNC(=O)c1c(-c2ccc(C)cc2)oc2nc(CN(CCCC3(OC(=O)O)CCN(C(C)=O)CC3)S(=O)[O-])c(C3CC3)cc12. The number of benzene rings is 1. The van der Waals surface area contributed by atoms with Crippen LogP contribution in [0.4, 0.5) is 4.79 Å². The summed E-state index contributed by atoms with van der Waals surface area (Å²) in [5.74, 6) is 0.222. The number of aryl methyl sites for hydroxylation is 1. The molecule has 1 atom stereocenters. The molecule has 2 fully saturated rings. The first kappa shape index (κ1) is 31.6. The number of piperidine rings is 1. The minimum Gasteiger partial charge on any atom is -0.760 e. The minimum atomic E-state index is -2.58. The number of carbonyl (C=O) groups excluding carboxylic acids is 2. The summed E-state index contributed by atoms with van der Waals surface area (Å²) < 4.78 is 37.5. The number of pyridine rings is 1. The molecular weight excluding hydrogens is 588 g/mol. The highest BCUT2D eigenvalue weighted by Crippen LogP contribution is 2.44. The first-order valence-corrected chi connectivity index (χ1v) is 15.8. The van der Waals surface area contributed by atoms with E-state index in [2.05, 4.69) is 5.32 Å². The molecule has 0 spiro atoms. The maximum Gasteiger partial charge on any atom is 0.506 e. The normalized spacial score (nSPS) is 17.1. The molecule has 236 valence electrons. The van der Waals surface area contributed by atoms with Crippen LogP contribution in [0.3, 0.4) is 0 Å². The van der Waals surface area contributed by atoms with Gasteiger partial charge in [0.1, 0.15) is 11.4 Å². The molecule has 1 saturated heterocycles. The van der Waals surface area contributed by atoms with Gasteiger partial charge >= 0.3 is 6.16 Å². The van der Waals surface area contributed by atoms with Crippen LogP contribution in [0.15, 0.2) is 34.7 Å². The van der Waals surface area contributed by atoms with Crippen molar-refractivity contribution in [3.63, 3.8) is 0 Å². The van der Waals surface area contributed by atoms with Gasteiger partial charge in [-0.2, -0.15) is 0 Å². The molecule has 2 amide bonds. The lowest BCUT2D eigenvalue weighted by Crippen LogP contribution is -2.48. The van der Waals surface area contributed by atoms with Gasteiger partial charge in [0.05, 0.1) is 23.2 Å². The molecule has 44 heavy (non-hydrogen) atoms. The summed E-state index contributed by atoms with van der Waals surface area (Å²) in [6, 6.07) is 9.55. The average molecular weight is 626 g/mol. The summed E-state index contributed by atoms with van der Waals surface area (Å²) in [6.45, 7) is 4.31. The van der Waals surface area contributed by atoms with E-state index in [1.54, 1.807) is 11.9 Å². The third-order valence-electron chi connectivity index (χ3n) is 8.58. The van der Waals surface area contributed by atoms with Crippen LogP contribution >= 0.6 is 0 Å². The van der Waals surface area contributed by atoms with Gasteiger partial charge in [-0.05, 0) is 50.2 Å². The lowest BCUT2D eigenvalue weighted by Gasteiger charge is -2.40. The van der Waals surface area contributed by atoms with Gasteiger partial charge < -0.3 is 29.0 Å². The molecule has 1 aliphatic carbocycles. The van der Waals surface area contributed by atoms with Crippen molar-refractivity contribution in [3.8, 4) is 11.3 Å². The molecule has 12 nitrogen and oxygen atoms in total. The molecule has 3 aromatic rings. The van der Waals surface area contributed by atoms with E-state index in [0.717, 1.165) is 29.5 Å². The molecule has 2 N–H and O–H groups in total. The fraction of sp³-hybridized carbons (Fsp3) is 0.484. The van der Waals surface area contributed by atoms with Gasteiger partial charge in [-0.3, -0.25) is 13.8 Å². The molecule has 1 aromatic carbocycles. The number of aromatic nitrogens is 1. The molecule has 5 rings (SSSR count). The highest BCUT2D eigenvalue weighted by molar-refractivity contribution is 7.76. The number of hydrogen-bond acceptors (Lipinski definition) is 8. The summed E-state index contributed by atoms with van der Waals surface area (Å²) >= 11 is -2.58. The van der Waals surface area contributed by atoms with E-state index >= 15 is 0 Å². The number of hydrogen-bond donors (Lipinski definition) is 2. The number of nitrogens with one attached hydrogen (secondary N) is 1. The summed E-state index contributed by atoms with van der Waals surface area (Å²) in [5, 5.41) is 12.6. The van der Waals surface area contributed by atoms with Crippen LogP contribution in [-0.2, 0) is 27.3 Å². The Labute approximate surface area is 258 Å². The Hall–Kier alpha value is -3.81. The summed E-state index contributed by atoms with van der Waals surface area (Å²) in [7, 11) is 1.56. The highest BCUT2D eigenvalue weighted by Gasteiger charge is 2.39. The minimum absolute atomic E-state index is 0.00133. The molecule has 0 radical (unpaired) electrons. The fourth-order valence-electron chi connectivity index (χ4n) is 5.98. The first-order chi connectivity index (χ1) is 21.0. The van der Waals surface area contributed by atoms with E-state index in [0.29, 0.717) is 61.2 Å². The van der Waals surface area contributed by atoms with Crippen LogP contribution < -0.4 is 5.32 Å². The monoisotopic (exact) mass is 625 g/mol. The van der Waals surface area contributed by atoms with Crippen LogP contribution in [0.5, 0.6) is 0 Å². The number of ether oxygens (including phenoxy) is 1. The van der Waals surface area contributed by atoms with E-state index in [4.69, 9.17) is 14.1 Å². The number of nitrogens with zero attached hydrogens (tertiary/aromatic N) is 3. The van der Waals surface area contributed by atoms with Crippen molar-refractivity contribution in [2.24, 2.45) is 0 Å². The Morgan fingerprint density at radius 1 is 1.23 bits per heavy atom. The predicted octanol–water partition coefficient (Wildman–Crippen LogP) is 4.49. The lowest BCUT2D eigenvalue weighted by atomic mass is 9.86. The smallest absolute Gasteiger partial charge is 0.506 e. The van der Waals surface area contributed by atoms with Gasteiger partial charge in [0.15, 0.2) is 0 Å². The topological polar surface area (TPSA) is 165 Å². The second-order valence-corrected chi connectivity index (χ2v) is 12.6. The molecule has 1 aliphatic heterocycles. The quantitative estimate of drug-likeness (QED) is 0.231. The van der Waals surface area contributed by atoms with Crippen LogP contribution in [-0.4, -0.2) is 78.3 Å². The van der Waals surface area contributed by atoms with Gasteiger partial charge in [0.25, 0.3) is 5.91 Å². The van der Waals surface area contributed by atoms with Crippen molar-refractivity contribution in [2.75, 3.05) is 26.7 Å². The number of fused-ring (bicyclic) bond motifs is 1. The maximum absolute atomic E-state index is 13.0. The molecule has 3 heterocycles. The molecule has 1 unspecified atom stereocenters. The Balaban J connectivity index is 1.40. The average Bonchev–Trinajstić information content (AvgIpc) is 3.76. The third-order valence-corrected chi connectivity index (χ3v) is 9.31. The van der Waals surface area contributed by atoms with E-state index < -0.39 is 23.0 Å². The number of furan rings is 1. The summed E-state index contributed by atoms with van der Waals surface area (Å²) in [6.07, 6.45) is 1.83. The van der Waals surface area contributed by atoms with Crippen molar-refractivity contribution in [2.45, 2.75) is 70.4 Å². The van der Waals surface area contributed by atoms with Gasteiger partial charge in [-0.25, -0.2) is 14.1 Å². The Bertz CT molecular complexity index is 1580. The van der Waals surface area contributed by atoms with E-state index in [-0.39, 0.29) is 36.5 Å². The standard InChI is InChI=1S/C31H38N4O8S/c1-19-5-7-22(8-6-19)27-26(28(37)32-3)24-17-23(21-9-10-21)25(33-29(24)42-27)18-35(44(40)41)14-4-11-31(43-30(38)39)12-15-34(16-13-31)20(2)36/h5-8,17,21H,4,9-16,18H2,1-3H3,(H,32,37)(H,38,39)(H,40,41)/p-1. The summed E-state index contributed by atoms with van der Waals surface area (Å²) in [5.41, 5.74) is 2.89. The Morgan fingerprint density at radius 3 is 2.48 bits per heavy atom. The van der Waals surface area contributed by atoms with E-state index in [1.807, 2.05) is 37.3 Å². The fourth-order valence-corrected chi connectivity index (χ4v) is 6.48. The largest absolute Gasteiger partial charge is 0.760 e. The van der Waals surface area contributed by atoms with Gasteiger partial charge in [-0.1, -0.05) is 29.8 Å². The summed E-state index contributed by atoms with van der Waals surface area (Å²) in [4.78, 5) is 42.7. The predicted molar refractivity (Wildman–Crippen MR) is 161 cm³/mol. The van der Waals surface area contributed by atoms with E-state index in [1.165, 1.54) is 11.2 Å². The Kier molecular flexibility index (Phi) is 9.37.